The van der Waals surface area contributed by atoms with E-state index in [1.165, 1.54) is 4.90 Å². The molecule has 1 saturated heterocycles. The van der Waals surface area contributed by atoms with Crippen molar-refractivity contribution in [1.29, 1.82) is 0 Å². The van der Waals surface area contributed by atoms with Crippen molar-refractivity contribution >= 4 is 23.4 Å². The van der Waals surface area contributed by atoms with Crippen LogP contribution in [0.2, 0.25) is 0 Å². The molecule has 1 atom stereocenters. The Bertz CT molecular complexity index is 956. The Balaban J connectivity index is 1.59. The molecule has 0 aliphatic carbocycles. The minimum Gasteiger partial charge on any atom is -0.492 e. The molecule has 0 radical (unpaired) electrons. The molecule has 2 aromatic carbocycles. The Kier molecular flexibility index (Phi) is 4.47. The Morgan fingerprint density at radius 3 is 2.39 bits per heavy atom. The molecule has 6 nitrogen and oxygen atoms in total. The molecule has 142 valence electrons. The lowest BCUT2D eigenvalue weighted by atomic mass is 9.80. The summed E-state index contributed by atoms with van der Waals surface area (Å²) in [6.07, 6.45) is 1.46. The molecule has 0 N–H and O–H groups in total. The number of fused-ring (bicyclic) bond motifs is 2. The molecule has 3 amide bonds. The third-order valence-electron chi connectivity index (χ3n) is 5.23. The van der Waals surface area contributed by atoms with Crippen LogP contribution in [0, 0.1) is 0 Å². The van der Waals surface area contributed by atoms with Crippen LogP contribution >= 0.6 is 0 Å². The van der Waals surface area contributed by atoms with E-state index in [1.54, 1.807) is 36.4 Å². The Labute approximate surface area is 163 Å². The van der Waals surface area contributed by atoms with Gasteiger partial charge in [0.1, 0.15) is 12.4 Å². The number of amides is 3. The van der Waals surface area contributed by atoms with Crippen LogP contribution in [0.1, 0.15) is 12.0 Å². The van der Waals surface area contributed by atoms with Gasteiger partial charge in [0.2, 0.25) is 17.7 Å². The van der Waals surface area contributed by atoms with E-state index in [-0.39, 0.29) is 37.9 Å². The predicted octanol–water partition coefficient (Wildman–Crippen LogP) is 2.29. The fourth-order valence-electron chi connectivity index (χ4n) is 3.95. The maximum Gasteiger partial charge on any atom is 0.250 e. The summed E-state index contributed by atoms with van der Waals surface area (Å²) in [7, 11) is 0. The van der Waals surface area contributed by atoms with E-state index in [4.69, 9.17) is 4.74 Å². The lowest BCUT2D eigenvalue weighted by Gasteiger charge is -2.22. The number of imide groups is 1. The highest BCUT2D eigenvalue weighted by atomic mass is 16.5. The molecule has 2 aliphatic heterocycles. The molecule has 0 bridgehead atoms. The molecule has 4 rings (SSSR count). The van der Waals surface area contributed by atoms with Crippen molar-refractivity contribution in [3.63, 3.8) is 0 Å². The second-order valence-electron chi connectivity index (χ2n) is 6.82. The van der Waals surface area contributed by atoms with Gasteiger partial charge >= 0.3 is 0 Å². The number of para-hydroxylation sites is 2. The van der Waals surface area contributed by atoms with Crippen molar-refractivity contribution in [3.8, 4) is 5.75 Å². The molecule has 1 unspecified atom stereocenters. The molecule has 2 aromatic rings. The standard InChI is InChI=1S/C22H20N2O4/c1-2-12-23-18-11-7-6-10-17(18)22(20(23)26)15-19(25)24(21(22)27)13-14-28-16-8-4-3-5-9-16/h2-11H,1,12-15H2. The van der Waals surface area contributed by atoms with Crippen LogP contribution in [0.15, 0.2) is 67.3 Å². The van der Waals surface area contributed by atoms with Gasteiger partial charge in [-0.3, -0.25) is 19.3 Å². The number of benzene rings is 2. The topological polar surface area (TPSA) is 66.9 Å². The van der Waals surface area contributed by atoms with Crippen molar-refractivity contribution in [3.05, 3.63) is 72.8 Å². The normalized spacial score (nSPS) is 20.8. The highest BCUT2D eigenvalue weighted by Crippen LogP contribution is 2.48. The van der Waals surface area contributed by atoms with Crippen LogP contribution in [0.5, 0.6) is 5.75 Å². The summed E-state index contributed by atoms with van der Waals surface area (Å²) in [5.41, 5.74) is -0.216. The van der Waals surface area contributed by atoms with Crippen molar-refractivity contribution in [2.75, 3.05) is 24.6 Å². The number of carbonyl (C=O) groups excluding carboxylic acids is 3. The highest BCUT2D eigenvalue weighted by Gasteiger charge is 2.63. The van der Waals surface area contributed by atoms with Gasteiger partial charge in [0.05, 0.1) is 13.0 Å². The molecule has 2 aliphatic rings. The average Bonchev–Trinajstić information content (AvgIpc) is 3.10. The van der Waals surface area contributed by atoms with Crippen LogP contribution in [-0.4, -0.2) is 42.3 Å². The van der Waals surface area contributed by atoms with E-state index < -0.39 is 11.3 Å². The second-order valence-corrected chi connectivity index (χ2v) is 6.82. The number of rotatable bonds is 6. The number of ether oxygens (including phenoxy) is 1. The van der Waals surface area contributed by atoms with Gasteiger partial charge < -0.3 is 9.64 Å². The summed E-state index contributed by atoms with van der Waals surface area (Å²) in [6, 6.07) is 16.3. The zero-order valence-electron chi connectivity index (χ0n) is 15.3. The molecule has 1 fully saturated rings. The quantitative estimate of drug-likeness (QED) is 0.441. The number of hydrogen-bond acceptors (Lipinski definition) is 4. The SMILES string of the molecule is C=CCN1C(=O)C2(CC(=O)N(CCOc3ccccc3)C2=O)c2ccccc21. The zero-order chi connectivity index (χ0) is 19.7. The van der Waals surface area contributed by atoms with E-state index in [0.29, 0.717) is 17.0 Å². The molecular formula is C22H20N2O4. The third-order valence-corrected chi connectivity index (χ3v) is 5.23. The first-order valence-electron chi connectivity index (χ1n) is 9.14. The number of anilines is 1. The van der Waals surface area contributed by atoms with Crippen LogP contribution in [-0.2, 0) is 19.8 Å². The summed E-state index contributed by atoms with van der Waals surface area (Å²) in [5.74, 6) is -0.530. The number of likely N-dealkylation sites (tertiary alicyclic amines) is 1. The molecule has 28 heavy (non-hydrogen) atoms. The van der Waals surface area contributed by atoms with Gasteiger partial charge in [-0.05, 0) is 18.2 Å². The predicted molar refractivity (Wildman–Crippen MR) is 104 cm³/mol. The van der Waals surface area contributed by atoms with Crippen LogP contribution in [0.3, 0.4) is 0 Å². The van der Waals surface area contributed by atoms with Gasteiger partial charge in [-0.2, -0.15) is 0 Å². The minimum absolute atomic E-state index is 0.102. The maximum atomic E-state index is 13.3. The number of nitrogens with zero attached hydrogens (tertiary/aromatic N) is 2. The number of carbonyl (C=O) groups is 3. The first-order chi connectivity index (χ1) is 13.6. The lowest BCUT2D eigenvalue weighted by molar-refractivity contribution is -0.141. The van der Waals surface area contributed by atoms with Crippen LogP contribution < -0.4 is 9.64 Å². The monoisotopic (exact) mass is 376 g/mol. The third kappa shape index (κ3) is 2.60. The summed E-state index contributed by atoms with van der Waals surface area (Å²) in [5, 5.41) is 0. The van der Waals surface area contributed by atoms with Crippen LogP contribution in [0.25, 0.3) is 0 Å². The van der Waals surface area contributed by atoms with E-state index in [9.17, 15) is 14.4 Å². The van der Waals surface area contributed by atoms with Gasteiger partial charge in [0.15, 0.2) is 5.41 Å². The molecule has 0 saturated carbocycles. The maximum absolute atomic E-state index is 13.3. The van der Waals surface area contributed by atoms with Gasteiger partial charge in [-0.1, -0.05) is 42.5 Å². The smallest absolute Gasteiger partial charge is 0.250 e. The van der Waals surface area contributed by atoms with E-state index in [1.807, 2.05) is 24.3 Å². The summed E-state index contributed by atoms with van der Waals surface area (Å²) < 4.78 is 5.62. The molecular weight excluding hydrogens is 356 g/mol. The fraction of sp³-hybridized carbons (Fsp3) is 0.227. The van der Waals surface area contributed by atoms with E-state index in [2.05, 4.69) is 6.58 Å². The molecule has 0 aromatic heterocycles. The largest absolute Gasteiger partial charge is 0.492 e. The van der Waals surface area contributed by atoms with Crippen molar-refractivity contribution in [2.24, 2.45) is 0 Å². The number of hydrogen-bond donors (Lipinski definition) is 0. The van der Waals surface area contributed by atoms with E-state index in [0.717, 1.165) is 4.90 Å². The van der Waals surface area contributed by atoms with Crippen molar-refractivity contribution < 1.29 is 19.1 Å². The lowest BCUT2D eigenvalue weighted by Crippen LogP contribution is -2.47. The second kappa shape index (κ2) is 6.96. The van der Waals surface area contributed by atoms with E-state index >= 15 is 0 Å². The van der Waals surface area contributed by atoms with Gasteiger partial charge in [0.25, 0.3) is 0 Å². The van der Waals surface area contributed by atoms with Crippen LogP contribution in [0.4, 0.5) is 5.69 Å². The highest BCUT2D eigenvalue weighted by molar-refractivity contribution is 6.28. The Hall–Kier alpha value is -3.41. The molecule has 1 spiro atoms. The van der Waals surface area contributed by atoms with Gasteiger partial charge in [0, 0.05) is 17.8 Å². The zero-order valence-corrected chi connectivity index (χ0v) is 15.3. The van der Waals surface area contributed by atoms with Gasteiger partial charge in [-0.25, -0.2) is 0 Å². The summed E-state index contributed by atoms with van der Waals surface area (Å²) in [4.78, 5) is 41.8. The van der Waals surface area contributed by atoms with Crippen molar-refractivity contribution in [1.82, 2.24) is 4.90 Å². The first kappa shape index (κ1) is 18.0. The Morgan fingerprint density at radius 2 is 1.64 bits per heavy atom. The summed E-state index contributed by atoms with van der Waals surface area (Å²) >= 11 is 0. The Morgan fingerprint density at radius 1 is 0.964 bits per heavy atom. The summed E-state index contributed by atoms with van der Waals surface area (Å²) in [6.45, 7) is 4.25. The van der Waals surface area contributed by atoms with Gasteiger partial charge in [-0.15, -0.1) is 6.58 Å². The minimum atomic E-state index is -1.47. The average molecular weight is 376 g/mol. The molecule has 2 heterocycles. The fourth-order valence-corrected chi connectivity index (χ4v) is 3.95. The molecule has 6 heteroatoms. The van der Waals surface area contributed by atoms with Crippen molar-refractivity contribution in [2.45, 2.75) is 11.8 Å². The first-order valence-corrected chi connectivity index (χ1v) is 9.14.